The van der Waals surface area contributed by atoms with Gasteiger partial charge in [-0.1, -0.05) is 24.3 Å². The van der Waals surface area contributed by atoms with Crippen LogP contribution in [-0.2, 0) is 13.1 Å². The second kappa shape index (κ2) is 8.54. The molecule has 2 aromatic carbocycles. The smallest absolute Gasteiger partial charge is 0.191 e. The Morgan fingerprint density at radius 3 is 2.65 bits per heavy atom. The highest BCUT2D eigenvalue weighted by atomic mass is 19.1. The number of rotatable bonds is 5. The first-order chi connectivity index (χ1) is 11.2. The summed E-state index contributed by atoms with van der Waals surface area (Å²) in [7, 11) is 0. The molecule has 0 atom stereocenters. The topological polar surface area (TPSA) is 60.2 Å². The molecule has 0 saturated heterocycles. The van der Waals surface area contributed by atoms with Gasteiger partial charge in [-0.25, -0.2) is 9.38 Å². The van der Waals surface area contributed by atoms with Gasteiger partial charge in [0.25, 0.3) is 0 Å². The summed E-state index contributed by atoms with van der Waals surface area (Å²) in [6, 6.07) is 15.9. The molecule has 0 aliphatic heterocycles. The number of benzene rings is 2. The van der Waals surface area contributed by atoms with Crippen molar-refractivity contribution in [2.45, 2.75) is 20.0 Å². The first-order valence-corrected chi connectivity index (χ1v) is 7.47. The Bertz CT molecular complexity index is 719. The van der Waals surface area contributed by atoms with E-state index in [1.807, 2.05) is 31.2 Å². The van der Waals surface area contributed by atoms with Crippen molar-refractivity contribution in [2.75, 3.05) is 6.54 Å². The Morgan fingerprint density at radius 2 is 1.91 bits per heavy atom. The normalized spacial score (nSPS) is 10.9. The monoisotopic (exact) mass is 310 g/mol. The van der Waals surface area contributed by atoms with E-state index in [-0.39, 0.29) is 5.82 Å². The maximum atomic E-state index is 13.2. The van der Waals surface area contributed by atoms with E-state index in [9.17, 15) is 4.39 Å². The molecule has 23 heavy (non-hydrogen) atoms. The third-order valence-electron chi connectivity index (χ3n) is 3.17. The van der Waals surface area contributed by atoms with Gasteiger partial charge in [0.05, 0.1) is 18.2 Å². The first kappa shape index (κ1) is 16.5. The molecule has 2 N–H and O–H groups in total. The number of guanidine groups is 1. The molecular formula is C18H19FN4. The van der Waals surface area contributed by atoms with Crippen LogP contribution in [0.4, 0.5) is 4.39 Å². The summed E-state index contributed by atoms with van der Waals surface area (Å²) in [5.74, 6) is 0.392. The summed E-state index contributed by atoms with van der Waals surface area (Å²) in [5, 5.41) is 15.3. The molecule has 0 spiro atoms. The number of hydrogen-bond acceptors (Lipinski definition) is 2. The van der Waals surface area contributed by atoms with E-state index < -0.39 is 0 Å². The zero-order chi connectivity index (χ0) is 16.5. The number of aliphatic imine (C=N–C) groups is 1. The molecule has 4 nitrogen and oxygen atoms in total. The van der Waals surface area contributed by atoms with E-state index in [1.165, 1.54) is 12.1 Å². The lowest BCUT2D eigenvalue weighted by Gasteiger charge is -2.11. The fourth-order valence-electron chi connectivity index (χ4n) is 2.08. The van der Waals surface area contributed by atoms with Gasteiger partial charge in [0.1, 0.15) is 5.82 Å². The Morgan fingerprint density at radius 1 is 1.13 bits per heavy atom. The van der Waals surface area contributed by atoms with Gasteiger partial charge in [-0.15, -0.1) is 0 Å². The van der Waals surface area contributed by atoms with Gasteiger partial charge >= 0.3 is 0 Å². The molecule has 2 rings (SSSR count). The quantitative estimate of drug-likeness (QED) is 0.659. The van der Waals surface area contributed by atoms with Crippen molar-refractivity contribution in [3.63, 3.8) is 0 Å². The van der Waals surface area contributed by atoms with E-state index in [1.54, 1.807) is 12.1 Å². The number of nitrogens with zero attached hydrogens (tertiary/aromatic N) is 2. The van der Waals surface area contributed by atoms with E-state index in [2.05, 4.69) is 21.7 Å². The maximum Gasteiger partial charge on any atom is 0.191 e. The average molecular weight is 310 g/mol. The van der Waals surface area contributed by atoms with Crippen molar-refractivity contribution in [1.82, 2.24) is 10.6 Å². The van der Waals surface area contributed by atoms with Gasteiger partial charge in [-0.3, -0.25) is 0 Å². The van der Waals surface area contributed by atoms with Crippen LogP contribution in [0.15, 0.2) is 53.5 Å². The molecule has 0 radical (unpaired) electrons. The van der Waals surface area contributed by atoms with Gasteiger partial charge < -0.3 is 10.6 Å². The number of nitrogens with one attached hydrogen (secondary N) is 2. The minimum absolute atomic E-state index is 0.260. The predicted molar refractivity (Wildman–Crippen MR) is 89.2 cm³/mol. The Labute approximate surface area is 135 Å². The molecular weight excluding hydrogens is 291 g/mol. The van der Waals surface area contributed by atoms with E-state index >= 15 is 0 Å². The lowest BCUT2D eigenvalue weighted by molar-refractivity contribution is 0.625. The Hall–Kier alpha value is -2.87. The van der Waals surface area contributed by atoms with E-state index in [0.29, 0.717) is 24.6 Å². The highest BCUT2D eigenvalue weighted by molar-refractivity contribution is 5.79. The molecule has 0 fully saturated rings. The van der Waals surface area contributed by atoms with Crippen LogP contribution in [0.25, 0.3) is 0 Å². The Balaban J connectivity index is 2.00. The summed E-state index contributed by atoms with van der Waals surface area (Å²) in [5.41, 5.74) is 2.44. The molecule has 0 aromatic heterocycles. The fraction of sp³-hybridized carbons (Fsp3) is 0.222. The van der Waals surface area contributed by atoms with Crippen LogP contribution in [0.5, 0.6) is 0 Å². The van der Waals surface area contributed by atoms with Gasteiger partial charge in [-0.2, -0.15) is 5.26 Å². The standard InChI is InChI=1S/C18H19FN4/c1-2-21-18(23-13-16-7-4-8-17(19)10-16)22-12-15-6-3-5-14(9-15)11-20/h3-10H,2,12-13H2,1H3,(H2,21,22,23). The predicted octanol–water partition coefficient (Wildman–Crippen LogP) is 2.95. The van der Waals surface area contributed by atoms with Crippen LogP contribution in [0, 0.1) is 17.1 Å². The zero-order valence-corrected chi connectivity index (χ0v) is 13.0. The van der Waals surface area contributed by atoms with E-state index in [4.69, 9.17) is 5.26 Å². The summed E-state index contributed by atoms with van der Waals surface area (Å²) >= 11 is 0. The largest absolute Gasteiger partial charge is 0.357 e. The van der Waals surface area contributed by atoms with Crippen LogP contribution < -0.4 is 10.6 Å². The third-order valence-corrected chi connectivity index (χ3v) is 3.17. The van der Waals surface area contributed by atoms with Crippen molar-refractivity contribution in [1.29, 1.82) is 5.26 Å². The van der Waals surface area contributed by atoms with Crippen molar-refractivity contribution in [3.05, 3.63) is 71.0 Å². The van der Waals surface area contributed by atoms with Crippen LogP contribution >= 0.6 is 0 Å². The van der Waals surface area contributed by atoms with Gasteiger partial charge in [0, 0.05) is 13.1 Å². The number of hydrogen-bond donors (Lipinski definition) is 2. The number of halogens is 1. The lowest BCUT2D eigenvalue weighted by atomic mass is 10.1. The second-order valence-electron chi connectivity index (χ2n) is 4.99. The molecule has 0 bridgehead atoms. The molecule has 5 heteroatoms. The van der Waals surface area contributed by atoms with Crippen LogP contribution in [0.1, 0.15) is 23.6 Å². The first-order valence-electron chi connectivity index (χ1n) is 7.47. The summed E-state index contributed by atoms with van der Waals surface area (Å²) in [6.07, 6.45) is 0. The number of nitriles is 1. The van der Waals surface area contributed by atoms with Crippen LogP contribution in [-0.4, -0.2) is 12.5 Å². The molecule has 0 aliphatic rings. The second-order valence-corrected chi connectivity index (χ2v) is 4.99. The Kier molecular flexibility index (Phi) is 6.13. The molecule has 0 unspecified atom stereocenters. The summed E-state index contributed by atoms with van der Waals surface area (Å²) in [6.45, 7) is 3.67. The van der Waals surface area contributed by atoms with Crippen LogP contribution in [0.3, 0.4) is 0 Å². The third kappa shape index (κ3) is 5.44. The maximum absolute atomic E-state index is 13.2. The van der Waals surface area contributed by atoms with Gasteiger partial charge in [0.15, 0.2) is 5.96 Å². The van der Waals surface area contributed by atoms with E-state index in [0.717, 1.165) is 17.7 Å². The summed E-state index contributed by atoms with van der Waals surface area (Å²) in [4.78, 5) is 4.45. The SMILES string of the molecule is CCNC(=NCc1cccc(F)c1)NCc1cccc(C#N)c1. The molecule has 2 aromatic rings. The van der Waals surface area contributed by atoms with Crippen molar-refractivity contribution >= 4 is 5.96 Å². The van der Waals surface area contributed by atoms with Gasteiger partial charge in [-0.05, 0) is 42.3 Å². The van der Waals surface area contributed by atoms with Crippen molar-refractivity contribution < 1.29 is 4.39 Å². The zero-order valence-electron chi connectivity index (χ0n) is 13.0. The average Bonchev–Trinajstić information content (AvgIpc) is 2.57. The molecule has 0 heterocycles. The van der Waals surface area contributed by atoms with Crippen molar-refractivity contribution in [2.24, 2.45) is 4.99 Å². The minimum atomic E-state index is -0.260. The summed E-state index contributed by atoms with van der Waals surface area (Å²) < 4.78 is 13.2. The molecule has 0 saturated carbocycles. The highest BCUT2D eigenvalue weighted by Gasteiger charge is 2.00. The van der Waals surface area contributed by atoms with Crippen molar-refractivity contribution in [3.8, 4) is 6.07 Å². The highest BCUT2D eigenvalue weighted by Crippen LogP contribution is 2.05. The molecule has 0 aliphatic carbocycles. The lowest BCUT2D eigenvalue weighted by Crippen LogP contribution is -2.36. The van der Waals surface area contributed by atoms with Crippen LogP contribution in [0.2, 0.25) is 0 Å². The van der Waals surface area contributed by atoms with Gasteiger partial charge in [0.2, 0.25) is 0 Å². The fourth-order valence-corrected chi connectivity index (χ4v) is 2.08. The molecule has 0 amide bonds. The molecule has 118 valence electrons. The minimum Gasteiger partial charge on any atom is -0.357 e.